The number of carboxylic acids is 1. The van der Waals surface area contributed by atoms with Crippen molar-refractivity contribution < 1.29 is 9.90 Å². The highest BCUT2D eigenvalue weighted by molar-refractivity contribution is 5.72. The fourth-order valence-electron chi connectivity index (χ4n) is 2.89. The summed E-state index contributed by atoms with van der Waals surface area (Å²) < 4.78 is 0. The lowest BCUT2D eigenvalue weighted by Gasteiger charge is -2.13. The molecule has 0 heterocycles. The van der Waals surface area contributed by atoms with Crippen LogP contribution in [0.1, 0.15) is 43.7 Å². The molecule has 2 rings (SSSR count). The van der Waals surface area contributed by atoms with Gasteiger partial charge >= 0.3 is 5.97 Å². The van der Waals surface area contributed by atoms with E-state index in [2.05, 4.69) is 13.0 Å². The van der Waals surface area contributed by atoms with Gasteiger partial charge in [-0.2, -0.15) is 5.26 Å². The number of hydrogen-bond donors (Lipinski definition) is 1. The predicted molar refractivity (Wildman–Crippen MR) is 95.6 cm³/mol. The Labute approximate surface area is 143 Å². The molecule has 0 saturated heterocycles. The molecule has 1 unspecified atom stereocenters. The minimum Gasteiger partial charge on any atom is -0.481 e. The first-order chi connectivity index (χ1) is 11.7. The number of benzene rings is 2. The van der Waals surface area contributed by atoms with Crippen molar-refractivity contribution in [3.8, 4) is 17.2 Å². The van der Waals surface area contributed by atoms with Crippen molar-refractivity contribution in [2.24, 2.45) is 5.92 Å². The maximum absolute atomic E-state index is 11.4. The molecule has 1 N–H and O–H groups in total. The van der Waals surface area contributed by atoms with E-state index in [-0.39, 0.29) is 5.92 Å². The molecule has 0 aromatic heterocycles. The van der Waals surface area contributed by atoms with Crippen molar-refractivity contribution >= 4 is 5.97 Å². The van der Waals surface area contributed by atoms with Crippen LogP contribution in [0, 0.1) is 17.2 Å². The van der Waals surface area contributed by atoms with Crippen molar-refractivity contribution in [3.05, 3.63) is 59.7 Å². The third kappa shape index (κ3) is 4.70. The molecule has 0 bridgehead atoms. The number of nitriles is 1. The lowest BCUT2D eigenvalue weighted by molar-refractivity contribution is -0.142. The topological polar surface area (TPSA) is 61.1 Å². The Morgan fingerprint density at radius 1 is 1.12 bits per heavy atom. The monoisotopic (exact) mass is 321 g/mol. The van der Waals surface area contributed by atoms with E-state index >= 15 is 0 Å². The Balaban J connectivity index is 2.11. The van der Waals surface area contributed by atoms with Crippen molar-refractivity contribution in [2.75, 3.05) is 0 Å². The summed E-state index contributed by atoms with van der Waals surface area (Å²) in [4.78, 5) is 11.4. The number of nitrogens with zero attached hydrogens (tertiary/aromatic N) is 1. The zero-order valence-corrected chi connectivity index (χ0v) is 14.0. The SMILES string of the molecule is CCCCCC(Cc1ccc(-c2ccccc2C#N)cc1)C(=O)O. The zero-order chi connectivity index (χ0) is 17.4. The first-order valence-electron chi connectivity index (χ1n) is 8.47. The molecule has 0 saturated carbocycles. The summed E-state index contributed by atoms with van der Waals surface area (Å²) in [5, 5.41) is 18.6. The summed E-state index contributed by atoms with van der Waals surface area (Å²) in [6, 6.07) is 17.6. The maximum Gasteiger partial charge on any atom is 0.306 e. The van der Waals surface area contributed by atoms with E-state index < -0.39 is 5.97 Å². The van der Waals surface area contributed by atoms with Crippen LogP contribution in [-0.4, -0.2) is 11.1 Å². The number of carboxylic acid groups (broad SMARTS) is 1. The lowest BCUT2D eigenvalue weighted by atomic mass is 9.92. The van der Waals surface area contributed by atoms with Crippen LogP contribution in [0.25, 0.3) is 11.1 Å². The molecule has 3 heteroatoms. The normalized spacial score (nSPS) is 11.7. The quantitative estimate of drug-likeness (QED) is 0.692. The average molecular weight is 321 g/mol. The molecule has 1 atom stereocenters. The fraction of sp³-hybridized carbons (Fsp3) is 0.333. The van der Waals surface area contributed by atoms with Crippen LogP contribution in [0.2, 0.25) is 0 Å². The largest absolute Gasteiger partial charge is 0.481 e. The van der Waals surface area contributed by atoms with Gasteiger partial charge in [-0.25, -0.2) is 0 Å². The van der Waals surface area contributed by atoms with Gasteiger partial charge in [-0.1, -0.05) is 68.7 Å². The van der Waals surface area contributed by atoms with E-state index in [4.69, 9.17) is 0 Å². The molecule has 0 radical (unpaired) electrons. The van der Waals surface area contributed by atoms with Crippen LogP contribution in [-0.2, 0) is 11.2 Å². The second kappa shape index (κ2) is 8.88. The van der Waals surface area contributed by atoms with Crippen molar-refractivity contribution in [2.45, 2.75) is 39.0 Å². The van der Waals surface area contributed by atoms with Crippen molar-refractivity contribution in [3.63, 3.8) is 0 Å². The summed E-state index contributed by atoms with van der Waals surface area (Å²) in [5.74, 6) is -1.04. The van der Waals surface area contributed by atoms with Crippen LogP contribution in [0.15, 0.2) is 48.5 Å². The van der Waals surface area contributed by atoms with Gasteiger partial charge in [0.05, 0.1) is 17.6 Å². The van der Waals surface area contributed by atoms with Crippen molar-refractivity contribution in [1.82, 2.24) is 0 Å². The molecule has 124 valence electrons. The molecule has 24 heavy (non-hydrogen) atoms. The number of hydrogen-bond acceptors (Lipinski definition) is 2. The molecule has 0 fully saturated rings. The first kappa shape index (κ1) is 17.7. The Bertz CT molecular complexity index is 713. The number of carbonyl (C=O) groups is 1. The van der Waals surface area contributed by atoms with Crippen LogP contribution in [0.3, 0.4) is 0 Å². The van der Waals surface area contributed by atoms with Gasteiger partial charge in [0.15, 0.2) is 0 Å². The molecule has 0 aliphatic carbocycles. The van der Waals surface area contributed by atoms with Crippen LogP contribution in [0.5, 0.6) is 0 Å². The number of unbranched alkanes of at least 4 members (excludes halogenated alkanes) is 2. The van der Waals surface area contributed by atoms with Gasteiger partial charge in [-0.15, -0.1) is 0 Å². The van der Waals surface area contributed by atoms with Gasteiger partial charge in [-0.3, -0.25) is 4.79 Å². The van der Waals surface area contributed by atoms with E-state index in [1.165, 1.54) is 0 Å². The molecule has 0 spiro atoms. The Kier molecular flexibility index (Phi) is 6.57. The molecule has 3 nitrogen and oxygen atoms in total. The maximum atomic E-state index is 11.4. The minimum atomic E-state index is -0.718. The summed E-state index contributed by atoms with van der Waals surface area (Å²) in [6.45, 7) is 2.12. The summed E-state index contributed by atoms with van der Waals surface area (Å²) in [6.07, 6.45) is 4.41. The van der Waals surface area contributed by atoms with Crippen LogP contribution >= 0.6 is 0 Å². The summed E-state index contributed by atoms with van der Waals surface area (Å²) in [7, 11) is 0. The average Bonchev–Trinajstić information content (AvgIpc) is 2.61. The second-order valence-corrected chi connectivity index (χ2v) is 6.09. The standard InChI is InChI=1S/C21H23NO2/c1-2-3-4-7-18(21(23)24)14-16-10-12-17(13-11-16)20-9-6-5-8-19(20)15-22/h5-6,8-13,18H,2-4,7,14H2,1H3,(H,23,24). The smallest absolute Gasteiger partial charge is 0.306 e. The van der Waals surface area contributed by atoms with Gasteiger partial charge in [0, 0.05) is 0 Å². The van der Waals surface area contributed by atoms with E-state index in [9.17, 15) is 15.2 Å². The molecule has 0 aliphatic rings. The summed E-state index contributed by atoms with van der Waals surface area (Å²) >= 11 is 0. The third-order valence-electron chi connectivity index (χ3n) is 4.30. The second-order valence-electron chi connectivity index (χ2n) is 6.09. The first-order valence-corrected chi connectivity index (χ1v) is 8.47. The molecular weight excluding hydrogens is 298 g/mol. The highest BCUT2D eigenvalue weighted by atomic mass is 16.4. The molecule has 2 aromatic rings. The van der Waals surface area contributed by atoms with Crippen LogP contribution < -0.4 is 0 Å². The molecule has 0 aliphatic heterocycles. The third-order valence-corrected chi connectivity index (χ3v) is 4.30. The number of rotatable bonds is 8. The Morgan fingerprint density at radius 2 is 1.83 bits per heavy atom. The van der Waals surface area contributed by atoms with Gasteiger partial charge in [-0.05, 0) is 35.6 Å². The lowest BCUT2D eigenvalue weighted by Crippen LogP contribution is -2.16. The van der Waals surface area contributed by atoms with Gasteiger partial charge in [0.25, 0.3) is 0 Å². The molecule has 0 amide bonds. The highest BCUT2D eigenvalue weighted by Gasteiger charge is 2.17. The Hall–Kier alpha value is -2.60. The van der Waals surface area contributed by atoms with Gasteiger partial charge in [0.2, 0.25) is 0 Å². The minimum absolute atomic E-state index is 0.325. The highest BCUT2D eigenvalue weighted by Crippen LogP contribution is 2.25. The zero-order valence-electron chi connectivity index (χ0n) is 14.0. The van der Waals surface area contributed by atoms with Gasteiger partial charge < -0.3 is 5.11 Å². The molecule has 2 aromatic carbocycles. The van der Waals surface area contributed by atoms with Crippen molar-refractivity contribution in [1.29, 1.82) is 5.26 Å². The Morgan fingerprint density at radius 3 is 2.46 bits per heavy atom. The van der Waals surface area contributed by atoms with E-state index in [0.717, 1.165) is 42.4 Å². The summed E-state index contributed by atoms with van der Waals surface area (Å²) in [5.41, 5.74) is 3.56. The van der Waals surface area contributed by atoms with E-state index in [0.29, 0.717) is 12.0 Å². The molecular formula is C21H23NO2. The number of aliphatic carboxylic acids is 1. The fourth-order valence-corrected chi connectivity index (χ4v) is 2.89. The van der Waals surface area contributed by atoms with E-state index in [1.54, 1.807) is 6.07 Å². The predicted octanol–water partition coefficient (Wildman–Crippen LogP) is 5.05. The van der Waals surface area contributed by atoms with Gasteiger partial charge in [0.1, 0.15) is 0 Å². The van der Waals surface area contributed by atoms with E-state index in [1.807, 2.05) is 42.5 Å². The van der Waals surface area contributed by atoms with Crippen LogP contribution in [0.4, 0.5) is 0 Å².